The second-order valence-corrected chi connectivity index (χ2v) is 6.06. The van der Waals surface area contributed by atoms with Crippen LogP contribution in [0.2, 0.25) is 0 Å². The molecule has 0 heterocycles. The molecule has 0 bridgehead atoms. The molecule has 0 aliphatic carbocycles. The summed E-state index contributed by atoms with van der Waals surface area (Å²) in [6.07, 6.45) is -4.62. The van der Waals surface area contributed by atoms with E-state index < -0.39 is 23.0 Å². The quantitative estimate of drug-likeness (QED) is 0.822. The van der Waals surface area contributed by atoms with Crippen molar-refractivity contribution in [2.24, 2.45) is 0 Å². The number of carbonyl (C=O) groups is 1. The molecule has 1 aromatic rings. The van der Waals surface area contributed by atoms with Crippen LogP contribution in [0.1, 0.15) is 18.9 Å². The Morgan fingerprint density at radius 3 is 2.61 bits per heavy atom. The van der Waals surface area contributed by atoms with Gasteiger partial charge in [0.1, 0.15) is 0 Å². The van der Waals surface area contributed by atoms with Crippen molar-refractivity contribution in [1.29, 1.82) is 0 Å². The summed E-state index contributed by atoms with van der Waals surface area (Å²) in [5.41, 5.74) is -0.743. The average Bonchev–Trinajstić information content (AvgIpc) is 2.13. The van der Waals surface area contributed by atoms with Gasteiger partial charge < -0.3 is 5.11 Å². The summed E-state index contributed by atoms with van der Waals surface area (Å²) in [7, 11) is 0. The van der Waals surface area contributed by atoms with Crippen molar-refractivity contribution >= 4 is 33.7 Å². The van der Waals surface area contributed by atoms with E-state index in [1.54, 1.807) is 6.92 Å². The Bertz CT molecular complexity index is 448. The summed E-state index contributed by atoms with van der Waals surface area (Å²) in [4.78, 5) is 10.5. The number of thioether (sulfide) groups is 1. The molecule has 1 rings (SSSR count). The zero-order valence-corrected chi connectivity index (χ0v) is 11.7. The van der Waals surface area contributed by atoms with Crippen LogP contribution in [0.25, 0.3) is 0 Å². The Balaban J connectivity index is 2.99. The molecular formula is C11H10BrF3O2S. The standard InChI is InChI=1S/C11H10BrF3O2S/c1-6(4-10(16)17)18-9-5-7(12)2-3-8(9)11(13,14)15/h2-3,5-6H,4H2,1H3,(H,16,17). The van der Waals surface area contributed by atoms with Crippen molar-refractivity contribution in [2.45, 2.75) is 29.7 Å². The largest absolute Gasteiger partial charge is 0.481 e. The van der Waals surface area contributed by atoms with Crippen molar-refractivity contribution in [3.05, 3.63) is 28.2 Å². The summed E-state index contributed by atoms with van der Waals surface area (Å²) >= 11 is 4.02. The van der Waals surface area contributed by atoms with E-state index >= 15 is 0 Å². The van der Waals surface area contributed by atoms with Gasteiger partial charge in [0, 0.05) is 14.6 Å². The van der Waals surface area contributed by atoms with Crippen LogP contribution in [0.3, 0.4) is 0 Å². The fourth-order valence-corrected chi connectivity index (χ4v) is 3.01. The van der Waals surface area contributed by atoms with E-state index in [2.05, 4.69) is 15.9 Å². The summed E-state index contributed by atoms with van der Waals surface area (Å²) in [5, 5.41) is 8.17. The fraction of sp³-hybridized carbons (Fsp3) is 0.364. The first-order valence-electron chi connectivity index (χ1n) is 4.95. The SMILES string of the molecule is CC(CC(=O)O)Sc1cc(Br)ccc1C(F)(F)F. The molecule has 0 aliphatic rings. The second kappa shape index (κ2) is 5.97. The van der Waals surface area contributed by atoms with Gasteiger partial charge >= 0.3 is 12.1 Å². The molecule has 0 amide bonds. The molecule has 2 nitrogen and oxygen atoms in total. The van der Waals surface area contributed by atoms with E-state index in [1.165, 1.54) is 12.1 Å². The normalized spacial score (nSPS) is 13.4. The highest BCUT2D eigenvalue weighted by molar-refractivity contribution is 9.10. The zero-order chi connectivity index (χ0) is 13.9. The number of hydrogen-bond acceptors (Lipinski definition) is 2. The van der Waals surface area contributed by atoms with E-state index in [-0.39, 0.29) is 11.3 Å². The molecule has 1 N–H and O–H groups in total. The maximum absolute atomic E-state index is 12.7. The Morgan fingerprint density at radius 2 is 2.11 bits per heavy atom. The zero-order valence-electron chi connectivity index (χ0n) is 9.29. The van der Waals surface area contributed by atoms with Gasteiger partial charge in [0.2, 0.25) is 0 Å². The van der Waals surface area contributed by atoms with Gasteiger partial charge in [0.05, 0.1) is 12.0 Å². The minimum atomic E-state index is -4.44. The Morgan fingerprint density at radius 1 is 1.50 bits per heavy atom. The van der Waals surface area contributed by atoms with Crippen molar-refractivity contribution in [3.63, 3.8) is 0 Å². The molecule has 0 aliphatic heterocycles. The molecule has 0 fully saturated rings. The summed E-state index contributed by atoms with van der Waals surface area (Å²) < 4.78 is 38.8. The number of carboxylic acid groups (broad SMARTS) is 1. The lowest BCUT2D eigenvalue weighted by Gasteiger charge is -2.15. The van der Waals surface area contributed by atoms with E-state index in [0.29, 0.717) is 4.47 Å². The molecule has 100 valence electrons. The maximum atomic E-state index is 12.7. The number of carboxylic acids is 1. The number of hydrogen-bond donors (Lipinski definition) is 1. The Hall–Kier alpha value is -0.690. The van der Waals surface area contributed by atoms with Gasteiger partial charge in [-0.15, -0.1) is 11.8 Å². The second-order valence-electron chi connectivity index (χ2n) is 3.66. The van der Waals surface area contributed by atoms with Crippen molar-refractivity contribution in [1.82, 2.24) is 0 Å². The van der Waals surface area contributed by atoms with Gasteiger partial charge in [-0.25, -0.2) is 0 Å². The third-order valence-corrected chi connectivity index (χ3v) is 3.69. The van der Waals surface area contributed by atoms with Gasteiger partial charge in [-0.3, -0.25) is 4.79 Å². The minimum absolute atomic E-state index is 0.0330. The summed E-state index contributed by atoms with van der Waals surface area (Å²) in [5.74, 6) is -1.03. The monoisotopic (exact) mass is 342 g/mol. The van der Waals surface area contributed by atoms with Gasteiger partial charge in [0.25, 0.3) is 0 Å². The predicted octanol–water partition coefficient (Wildman–Crippen LogP) is 4.42. The van der Waals surface area contributed by atoms with Crippen molar-refractivity contribution in [3.8, 4) is 0 Å². The fourth-order valence-electron chi connectivity index (χ4n) is 1.33. The number of benzene rings is 1. The first kappa shape index (κ1) is 15.4. The molecule has 1 atom stereocenters. The molecule has 0 spiro atoms. The predicted molar refractivity (Wildman–Crippen MR) is 66.7 cm³/mol. The third-order valence-electron chi connectivity index (χ3n) is 2.04. The first-order chi connectivity index (χ1) is 8.20. The van der Waals surface area contributed by atoms with Crippen LogP contribution in [0.4, 0.5) is 13.2 Å². The molecule has 1 aromatic carbocycles. The van der Waals surface area contributed by atoms with Crippen molar-refractivity contribution < 1.29 is 23.1 Å². The van der Waals surface area contributed by atoms with E-state index in [9.17, 15) is 18.0 Å². The third kappa shape index (κ3) is 4.53. The highest BCUT2D eigenvalue weighted by Gasteiger charge is 2.34. The van der Waals surface area contributed by atoms with Crippen LogP contribution in [0.5, 0.6) is 0 Å². The molecule has 0 saturated heterocycles. The lowest BCUT2D eigenvalue weighted by atomic mass is 10.2. The topological polar surface area (TPSA) is 37.3 Å². The van der Waals surface area contributed by atoms with Crippen molar-refractivity contribution in [2.75, 3.05) is 0 Å². The summed E-state index contributed by atoms with van der Waals surface area (Å²) in [6.45, 7) is 1.58. The number of alkyl halides is 3. The summed E-state index contributed by atoms with van der Waals surface area (Å²) in [6, 6.07) is 3.65. The van der Waals surface area contributed by atoms with Gasteiger partial charge in [-0.05, 0) is 18.2 Å². The first-order valence-corrected chi connectivity index (χ1v) is 6.62. The van der Waals surface area contributed by atoms with Crippen LogP contribution < -0.4 is 0 Å². The number of aliphatic carboxylic acids is 1. The van der Waals surface area contributed by atoms with Gasteiger partial charge in [-0.2, -0.15) is 13.2 Å². The smallest absolute Gasteiger partial charge is 0.417 e. The minimum Gasteiger partial charge on any atom is -0.481 e. The van der Waals surface area contributed by atoms with Gasteiger partial charge in [0.15, 0.2) is 0 Å². The lowest BCUT2D eigenvalue weighted by molar-refractivity contribution is -0.139. The molecule has 0 saturated carbocycles. The van der Waals surface area contributed by atoms with E-state index in [0.717, 1.165) is 17.8 Å². The number of halogens is 4. The molecule has 0 aromatic heterocycles. The molecule has 0 radical (unpaired) electrons. The highest BCUT2D eigenvalue weighted by Crippen LogP contribution is 2.39. The van der Waals surface area contributed by atoms with Crippen LogP contribution in [-0.2, 0) is 11.0 Å². The number of rotatable bonds is 4. The lowest BCUT2D eigenvalue weighted by Crippen LogP contribution is -2.10. The van der Waals surface area contributed by atoms with Crippen LogP contribution in [0, 0.1) is 0 Å². The van der Waals surface area contributed by atoms with Crippen LogP contribution >= 0.6 is 27.7 Å². The molecule has 18 heavy (non-hydrogen) atoms. The molecule has 7 heteroatoms. The van der Waals surface area contributed by atoms with Crippen LogP contribution in [0.15, 0.2) is 27.6 Å². The maximum Gasteiger partial charge on any atom is 0.417 e. The van der Waals surface area contributed by atoms with Crippen LogP contribution in [-0.4, -0.2) is 16.3 Å². The molecular weight excluding hydrogens is 333 g/mol. The highest BCUT2D eigenvalue weighted by atomic mass is 79.9. The Kier molecular flexibility index (Phi) is 5.10. The molecule has 1 unspecified atom stereocenters. The van der Waals surface area contributed by atoms with E-state index in [4.69, 9.17) is 5.11 Å². The van der Waals surface area contributed by atoms with E-state index in [1.807, 2.05) is 0 Å². The van der Waals surface area contributed by atoms with Gasteiger partial charge in [-0.1, -0.05) is 22.9 Å². The Labute approximate surface area is 115 Å². The average molecular weight is 343 g/mol.